The first kappa shape index (κ1) is 18.6. The normalized spacial score (nSPS) is 36.1. The molecule has 1 heterocycles. The number of hydrogen-bond acceptors (Lipinski definition) is 3. The summed E-state index contributed by atoms with van der Waals surface area (Å²) in [6.07, 6.45) is 8.29. The SMILES string of the molecule is O=C(O)[C@H]1CCCN1C(=O)c1cc(C2CC2)c(OCC23CC4CC2CC4C3)cc1F. The lowest BCUT2D eigenvalue weighted by molar-refractivity contribution is -0.141. The lowest BCUT2D eigenvalue weighted by Gasteiger charge is -2.29. The Hall–Kier alpha value is -2.11. The third kappa shape index (κ3) is 2.71. The first-order valence-corrected chi connectivity index (χ1v) is 11.5. The van der Waals surface area contributed by atoms with Gasteiger partial charge in [-0.15, -0.1) is 0 Å². The van der Waals surface area contributed by atoms with Crippen molar-refractivity contribution in [2.45, 2.75) is 63.3 Å². The second-order valence-electron chi connectivity index (χ2n) is 10.4. The topological polar surface area (TPSA) is 66.8 Å². The Morgan fingerprint density at radius 3 is 2.50 bits per heavy atom. The van der Waals surface area contributed by atoms with Gasteiger partial charge in [-0.1, -0.05) is 0 Å². The van der Waals surface area contributed by atoms with E-state index in [4.69, 9.17) is 4.74 Å². The minimum absolute atomic E-state index is 0.0142. The molecule has 6 fully saturated rings. The molecule has 4 bridgehead atoms. The Morgan fingerprint density at radius 1 is 1.17 bits per heavy atom. The molecule has 1 aromatic carbocycles. The molecule has 1 aromatic rings. The van der Waals surface area contributed by atoms with Crippen LogP contribution in [0.15, 0.2) is 12.1 Å². The molecule has 5 aliphatic carbocycles. The summed E-state index contributed by atoms with van der Waals surface area (Å²) in [7, 11) is 0. The lowest BCUT2D eigenvalue weighted by Crippen LogP contribution is -2.40. The fourth-order valence-corrected chi connectivity index (χ4v) is 7.13. The van der Waals surface area contributed by atoms with Crippen LogP contribution in [0.1, 0.15) is 73.2 Å². The van der Waals surface area contributed by atoms with E-state index in [-0.39, 0.29) is 11.0 Å². The highest BCUT2D eigenvalue weighted by molar-refractivity contribution is 5.97. The Labute approximate surface area is 175 Å². The monoisotopic (exact) mass is 413 g/mol. The Balaban J connectivity index is 1.26. The van der Waals surface area contributed by atoms with Crippen LogP contribution in [-0.4, -0.2) is 41.1 Å². The number of ether oxygens (including phenoxy) is 1. The largest absolute Gasteiger partial charge is 0.493 e. The number of likely N-dealkylation sites (tertiary alicyclic amines) is 1. The third-order valence-corrected chi connectivity index (χ3v) is 8.71. The first-order valence-electron chi connectivity index (χ1n) is 11.5. The highest BCUT2D eigenvalue weighted by atomic mass is 19.1. The molecule has 160 valence electrons. The Morgan fingerprint density at radius 2 is 1.90 bits per heavy atom. The summed E-state index contributed by atoms with van der Waals surface area (Å²) in [5, 5.41) is 9.39. The quantitative estimate of drug-likeness (QED) is 0.759. The highest BCUT2D eigenvalue weighted by Gasteiger charge is 2.63. The van der Waals surface area contributed by atoms with Gasteiger partial charge >= 0.3 is 5.97 Å². The maximum absolute atomic E-state index is 15.0. The number of rotatable bonds is 6. The molecule has 5 saturated carbocycles. The van der Waals surface area contributed by atoms with Crippen molar-refractivity contribution in [2.75, 3.05) is 13.2 Å². The molecule has 2 unspecified atom stereocenters. The Bertz CT molecular complexity index is 912. The van der Waals surface area contributed by atoms with Crippen LogP contribution in [0.4, 0.5) is 4.39 Å². The number of carboxylic acid groups (broad SMARTS) is 1. The van der Waals surface area contributed by atoms with Crippen molar-refractivity contribution in [3.8, 4) is 5.75 Å². The van der Waals surface area contributed by atoms with E-state index in [0.717, 1.165) is 36.2 Å². The standard InChI is InChI=1S/C24H28FNO4/c25-19-9-21(30-12-24-10-14-6-16(24)7-15(14)11-24)17(13-3-4-13)8-18(19)22(27)26-5-1-2-20(26)23(28)29/h8-9,13-16,20H,1-7,10-12H2,(H,28,29)/t14?,15?,16?,20-,24?/m1/s1. The molecular weight excluding hydrogens is 385 g/mol. The average Bonchev–Trinajstić information content (AvgIpc) is 3.09. The third-order valence-electron chi connectivity index (χ3n) is 8.71. The molecule has 0 aromatic heterocycles. The van der Waals surface area contributed by atoms with Crippen LogP contribution in [0.3, 0.4) is 0 Å². The molecule has 7 rings (SSSR count). The van der Waals surface area contributed by atoms with Crippen LogP contribution in [0.2, 0.25) is 0 Å². The molecular formula is C24H28FNO4. The minimum atomic E-state index is -1.02. The fraction of sp³-hybridized carbons (Fsp3) is 0.667. The van der Waals surface area contributed by atoms with Gasteiger partial charge in [0.1, 0.15) is 17.6 Å². The van der Waals surface area contributed by atoms with Crippen LogP contribution in [-0.2, 0) is 4.79 Å². The van der Waals surface area contributed by atoms with Gasteiger partial charge in [0.15, 0.2) is 0 Å². The fourth-order valence-electron chi connectivity index (χ4n) is 7.13. The van der Waals surface area contributed by atoms with Crippen LogP contribution in [0.5, 0.6) is 5.75 Å². The summed E-state index contributed by atoms with van der Waals surface area (Å²) in [5.41, 5.74) is 1.19. The molecule has 1 N–H and O–H groups in total. The molecule has 1 aliphatic heterocycles. The van der Waals surface area contributed by atoms with Gasteiger partial charge in [0.05, 0.1) is 12.2 Å². The summed E-state index contributed by atoms with van der Waals surface area (Å²) in [6.45, 7) is 1.02. The first-order chi connectivity index (χ1) is 14.4. The van der Waals surface area contributed by atoms with Gasteiger partial charge in [0, 0.05) is 18.0 Å². The maximum Gasteiger partial charge on any atom is 0.326 e. The number of carbonyl (C=O) groups excluding carboxylic acids is 1. The summed E-state index contributed by atoms with van der Waals surface area (Å²) >= 11 is 0. The maximum atomic E-state index is 15.0. The minimum Gasteiger partial charge on any atom is -0.493 e. The number of carboxylic acids is 1. The Kier molecular flexibility index (Phi) is 4.00. The van der Waals surface area contributed by atoms with Crippen molar-refractivity contribution in [2.24, 2.45) is 23.2 Å². The van der Waals surface area contributed by atoms with Crippen LogP contribution >= 0.6 is 0 Å². The molecule has 30 heavy (non-hydrogen) atoms. The summed E-state index contributed by atoms with van der Waals surface area (Å²) in [4.78, 5) is 25.8. The predicted molar refractivity (Wildman–Crippen MR) is 107 cm³/mol. The number of aliphatic carboxylic acids is 1. The summed E-state index contributed by atoms with van der Waals surface area (Å²) in [6, 6.07) is 2.17. The molecule has 0 radical (unpaired) electrons. The number of hydrogen-bond donors (Lipinski definition) is 1. The molecule has 3 atom stereocenters. The molecule has 1 amide bonds. The second-order valence-corrected chi connectivity index (χ2v) is 10.4. The lowest BCUT2D eigenvalue weighted by atomic mass is 9.82. The molecule has 1 saturated heterocycles. The summed E-state index contributed by atoms with van der Waals surface area (Å²) < 4.78 is 21.3. The average molecular weight is 413 g/mol. The molecule has 6 aliphatic rings. The molecule has 6 heteroatoms. The van der Waals surface area contributed by atoms with E-state index >= 15 is 4.39 Å². The van der Waals surface area contributed by atoms with Gasteiger partial charge in [0.25, 0.3) is 5.91 Å². The zero-order valence-electron chi connectivity index (χ0n) is 17.1. The summed E-state index contributed by atoms with van der Waals surface area (Å²) in [5.74, 6) is 1.28. The van der Waals surface area contributed by atoms with Crippen molar-refractivity contribution in [1.82, 2.24) is 4.90 Å². The van der Waals surface area contributed by atoms with Gasteiger partial charge < -0.3 is 14.7 Å². The predicted octanol–water partition coefficient (Wildman–Crippen LogP) is 4.21. The number of halogens is 1. The van der Waals surface area contributed by atoms with Crippen LogP contribution < -0.4 is 4.74 Å². The van der Waals surface area contributed by atoms with Crippen molar-refractivity contribution in [3.63, 3.8) is 0 Å². The number of benzene rings is 1. The van der Waals surface area contributed by atoms with Crippen molar-refractivity contribution in [3.05, 3.63) is 29.1 Å². The molecule has 5 nitrogen and oxygen atoms in total. The molecule has 0 spiro atoms. The number of amides is 1. The van der Waals surface area contributed by atoms with Gasteiger partial charge in [0.2, 0.25) is 0 Å². The van der Waals surface area contributed by atoms with E-state index in [9.17, 15) is 14.7 Å². The van der Waals surface area contributed by atoms with E-state index < -0.39 is 23.7 Å². The van der Waals surface area contributed by atoms with E-state index in [1.54, 1.807) is 6.07 Å². The number of carbonyl (C=O) groups is 2. The van der Waals surface area contributed by atoms with Gasteiger partial charge in [-0.05, 0) is 86.7 Å². The zero-order valence-corrected chi connectivity index (χ0v) is 17.1. The van der Waals surface area contributed by atoms with Gasteiger partial charge in [-0.25, -0.2) is 9.18 Å². The van der Waals surface area contributed by atoms with Crippen molar-refractivity contribution < 1.29 is 23.8 Å². The van der Waals surface area contributed by atoms with Gasteiger partial charge in [-0.2, -0.15) is 0 Å². The van der Waals surface area contributed by atoms with Crippen LogP contribution in [0, 0.1) is 29.0 Å². The smallest absolute Gasteiger partial charge is 0.326 e. The van der Waals surface area contributed by atoms with E-state index in [2.05, 4.69) is 0 Å². The second kappa shape index (κ2) is 6.44. The highest BCUT2D eigenvalue weighted by Crippen LogP contribution is 2.70. The van der Waals surface area contributed by atoms with E-state index in [0.29, 0.717) is 37.7 Å². The zero-order chi connectivity index (χ0) is 20.6. The van der Waals surface area contributed by atoms with Crippen molar-refractivity contribution in [1.29, 1.82) is 0 Å². The van der Waals surface area contributed by atoms with E-state index in [1.165, 1.54) is 36.6 Å². The van der Waals surface area contributed by atoms with E-state index in [1.807, 2.05) is 0 Å². The van der Waals surface area contributed by atoms with Crippen LogP contribution in [0.25, 0.3) is 0 Å². The van der Waals surface area contributed by atoms with Crippen molar-refractivity contribution >= 4 is 11.9 Å². The number of nitrogens with zero attached hydrogens (tertiary/aromatic N) is 1. The van der Waals surface area contributed by atoms with Gasteiger partial charge in [-0.3, -0.25) is 4.79 Å².